The number of aliphatic hydroxyl groups is 1. The van der Waals surface area contributed by atoms with Gasteiger partial charge in [-0.2, -0.15) is 0 Å². The van der Waals surface area contributed by atoms with Crippen LogP contribution in [-0.4, -0.2) is 24.4 Å². The van der Waals surface area contributed by atoms with E-state index in [1.807, 2.05) is 13.0 Å². The lowest BCUT2D eigenvalue weighted by Gasteiger charge is -2.16. The zero-order valence-corrected chi connectivity index (χ0v) is 12.8. The lowest BCUT2D eigenvalue weighted by Crippen LogP contribution is -2.20. The van der Waals surface area contributed by atoms with Gasteiger partial charge in [-0.25, -0.2) is 4.39 Å². The molecule has 0 saturated heterocycles. The van der Waals surface area contributed by atoms with E-state index in [-0.39, 0.29) is 12.4 Å². The Balaban J connectivity index is 1.82. The van der Waals surface area contributed by atoms with Gasteiger partial charge >= 0.3 is 0 Å². The van der Waals surface area contributed by atoms with Crippen LogP contribution < -0.4 is 10.1 Å². The van der Waals surface area contributed by atoms with Crippen LogP contribution in [0.4, 0.5) is 4.39 Å². The minimum absolute atomic E-state index is 0.237. The van der Waals surface area contributed by atoms with Gasteiger partial charge in [0.25, 0.3) is 0 Å². The van der Waals surface area contributed by atoms with Crippen LogP contribution in [0.2, 0.25) is 0 Å². The molecule has 1 aliphatic carbocycles. The number of hydrogen-bond donors (Lipinski definition) is 2. The third-order valence-corrected chi connectivity index (χ3v) is 4.03. The molecule has 1 saturated carbocycles. The van der Waals surface area contributed by atoms with E-state index in [9.17, 15) is 9.50 Å². The second-order valence-corrected chi connectivity index (χ2v) is 5.93. The van der Waals surface area contributed by atoms with Gasteiger partial charge in [-0.1, -0.05) is 32.6 Å². The Bertz CT molecular complexity index is 433. The van der Waals surface area contributed by atoms with Crippen LogP contribution in [0.3, 0.4) is 0 Å². The van der Waals surface area contributed by atoms with E-state index in [1.165, 1.54) is 37.8 Å². The highest BCUT2D eigenvalue weighted by Gasteiger charge is 2.19. The van der Waals surface area contributed by atoms with Gasteiger partial charge < -0.3 is 15.2 Å². The average molecular weight is 295 g/mol. The van der Waals surface area contributed by atoms with Crippen molar-refractivity contribution in [3.8, 4) is 5.75 Å². The molecule has 4 heteroatoms. The second-order valence-electron chi connectivity index (χ2n) is 5.93. The van der Waals surface area contributed by atoms with Crippen LogP contribution in [0.1, 0.15) is 44.6 Å². The summed E-state index contributed by atoms with van der Waals surface area (Å²) in [6.07, 6.45) is 5.30. The van der Waals surface area contributed by atoms with Gasteiger partial charge in [-0.3, -0.25) is 0 Å². The maximum Gasteiger partial charge on any atom is 0.127 e. The Morgan fingerprint density at radius 3 is 2.81 bits per heavy atom. The molecule has 1 aliphatic rings. The Hall–Kier alpha value is -1.13. The maximum atomic E-state index is 13.5. The predicted molar refractivity (Wildman–Crippen MR) is 81.9 cm³/mol. The summed E-state index contributed by atoms with van der Waals surface area (Å²) in [5, 5.41) is 13.2. The minimum Gasteiger partial charge on any atom is -0.491 e. The van der Waals surface area contributed by atoms with Crippen LogP contribution in [0.25, 0.3) is 0 Å². The molecule has 21 heavy (non-hydrogen) atoms. The van der Waals surface area contributed by atoms with Crippen molar-refractivity contribution in [2.75, 3.05) is 13.2 Å². The molecule has 0 bridgehead atoms. The highest BCUT2D eigenvalue weighted by molar-refractivity contribution is 5.29. The van der Waals surface area contributed by atoms with E-state index in [4.69, 9.17) is 4.74 Å². The van der Waals surface area contributed by atoms with E-state index >= 15 is 0 Å². The number of aliphatic hydroxyl groups excluding tert-OH is 1. The molecule has 0 spiro atoms. The minimum atomic E-state index is -0.464. The third-order valence-electron chi connectivity index (χ3n) is 4.03. The number of halogens is 1. The van der Waals surface area contributed by atoms with Gasteiger partial charge in [-0.05, 0) is 36.6 Å². The first-order chi connectivity index (χ1) is 10.2. The topological polar surface area (TPSA) is 41.5 Å². The zero-order chi connectivity index (χ0) is 15.1. The number of nitrogens with one attached hydrogen (secondary N) is 1. The van der Waals surface area contributed by atoms with E-state index in [0.29, 0.717) is 18.2 Å². The first kappa shape index (κ1) is 16.2. The molecule has 0 heterocycles. The lowest BCUT2D eigenvalue weighted by molar-refractivity contribution is 0.0853. The lowest BCUT2D eigenvalue weighted by atomic mass is 10.0. The fourth-order valence-electron chi connectivity index (χ4n) is 2.97. The molecule has 1 unspecified atom stereocenters. The summed E-state index contributed by atoms with van der Waals surface area (Å²) in [5.74, 6) is 0.819. The highest BCUT2D eigenvalue weighted by atomic mass is 19.1. The largest absolute Gasteiger partial charge is 0.491 e. The van der Waals surface area contributed by atoms with Crippen molar-refractivity contribution in [1.29, 1.82) is 0 Å². The van der Waals surface area contributed by atoms with Crippen molar-refractivity contribution in [2.45, 2.75) is 51.7 Å². The van der Waals surface area contributed by atoms with E-state index < -0.39 is 6.10 Å². The Labute approximate surface area is 126 Å². The van der Waals surface area contributed by atoms with Crippen molar-refractivity contribution >= 4 is 0 Å². The third kappa shape index (κ3) is 5.64. The molecular weight excluding hydrogens is 269 g/mol. The molecule has 3 nitrogen and oxygen atoms in total. The van der Waals surface area contributed by atoms with Crippen molar-refractivity contribution in [3.63, 3.8) is 0 Å². The van der Waals surface area contributed by atoms with E-state index in [0.717, 1.165) is 18.5 Å². The van der Waals surface area contributed by atoms with Crippen LogP contribution in [0.5, 0.6) is 5.75 Å². The molecule has 2 rings (SSSR count). The summed E-state index contributed by atoms with van der Waals surface area (Å²) in [6.45, 7) is 3.71. The summed E-state index contributed by atoms with van der Waals surface area (Å²) in [4.78, 5) is 0. The van der Waals surface area contributed by atoms with Crippen LogP contribution in [-0.2, 0) is 6.54 Å². The molecular formula is C17H26FNO2. The standard InChI is InChI=1S/C17H26FNO2/c1-2-19-11-14-7-15(18)10-17(9-14)21-12-16(20)8-13-5-3-4-6-13/h7,9-10,13,16,19-20H,2-6,8,11-12H2,1H3. The smallest absolute Gasteiger partial charge is 0.127 e. The van der Waals surface area contributed by atoms with Gasteiger partial charge in [0, 0.05) is 12.6 Å². The van der Waals surface area contributed by atoms with E-state index in [1.54, 1.807) is 0 Å². The quantitative estimate of drug-likeness (QED) is 0.773. The fraction of sp³-hybridized carbons (Fsp3) is 0.647. The van der Waals surface area contributed by atoms with Crippen molar-refractivity contribution in [3.05, 3.63) is 29.6 Å². The SMILES string of the molecule is CCNCc1cc(F)cc(OCC(O)CC2CCCC2)c1. The van der Waals surface area contributed by atoms with Gasteiger partial charge in [0.2, 0.25) is 0 Å². The van der Waals surface area contributed by atoms with Crippen molar-refractivity contribution in [2.24, 2.45) is 5.92 Å². The second kappa shape index (κ2) is 8.35. The Kier molecular flexibility index (Phi) is 6.46. The van der Waals surface area contributed by atoms with Gasteiger partial charge in [-0.15, -0.1) is 0 Å². The predicted octanol–water partition coefficient (Wildman–Crippen LogP) is 3.26. The summed E-state index contributed by atoms with van der Waals surface area (Å²) in [6, 6.07) is 4.70. The fourth-order valence-corrected chi connectivity index (χ4v) is 2.97. The van der Waals surface area contributed by atoms with Gasteiger partial charge in [0.05, 0.1) is 6.10 Å². The van der Waals surface area contributed by atoms with Gasteiger partial charge in [0.1, 0.15) is 18.2 Å². The normalized spacial score (nSPS) is 17.1. The Morgan fingerprint density at radius 2 is 2.10 bits per heavy atom. The first-order valence-electron chi connectivity index (χ1n) is 7.98. The number of rotatable bonds is 8. The Morgan fingerprint density at radius 1 is 1.33 bits per heavy atom. The molecule has 1 aromatic carbocycles. The molecule has 1 atom stereocenters. The molecule has 118 valence electrons. The van der Waals surface area contributed by atoms with Crippen molar-refractivity contribution in [1.82, 2.24) is 5.32 Å². The maximum absolute atomic E-state index is 13.5. The van der Waals surface area contributed by atoms with E-state index in [2.05, 4.69) is 5.32 Å². The molecule has 0 radical (unpaired) electrons. The molecule has 2 N–H and O–H groups in total. The number of ether oxygens (including phenoxy) is 1. The summed E-state index contributed by atoms with van der Waals surface area (Å²) in [7, 11) is 0. The summed E-state index contributed by atoms with van der Waals surface area (Å²) in [5.41, 5.74) is 0.858. The molecule has 0 amide bonds. The molecule has 1 fully saturated rings. The van der Waals surface area contributed by atoms with Crippen LogP contribution in [0.15, 0.2) is 18.2 Å². The molecule has 1 aromatic rings. The first-order valence-corrected chi connectivity index (χ1v) is 7.98. The number of hydrogen-bond acceptors (Lipinski definition) is 3. The molecule has 0 aliphatic heterocycles. The van der Waals surface area contributed by atoms with Crippen LogP contribution in [0, 0.1) is 11.7 Å². The molecule has 0 aromatic heterocycles. The van der Waals surface area contributed by atoms with Crippen molar-refractivity contribution < 1.29 is 14.2 Å². The van der Waals surface area contributed by atoms with Gasteiger partial charge in [0.15, 0.2) is 0 Å². The summed E-state index contributed by atoms with van der Waals surface area (Å²) < 4.78 is 19.1. The highest BCUT2D eigenvalue weighted by Crippen LogP contribution is 2.28. The average Bonchev–Trinajstić information content (AvgIpc) is 2.95. The zero-order valence-electron chi connectivity index (χ0n) is 12.8. The summed E-state index contributed by atoms with van der Waals surface area (Å²) >= 11 is 0. The van der Waals surface area contributed by atoms with Crippen LogP contribution >= 0.6 is 0 Å². The number of benzene rings is 1. The monoisotopic (exact) mass is 295 g/mol.